The molecule has 2 bridgehead atoms. The van der Waals surface area contributed by atoms with Gasteiger partial charge in [-0.25, -0.2) is 9.59 Å². The van der Waals surface area contributed by atoms with Gasteiger partial charge in [0.05, 0.1) is 6.04 Å². The van der Waals surface area contributed by atoms with Gasteiger partial charge in [0.2, 0.25) is 0 Å². The van der Waals surface area contributed by atoms with Crippen LogP contribution in [0, 0.1) is 5.92 Å². The van der Waals surface area contributed by atoms with Crippen LogP contribution in [0.3, 0.4) is 0 Å². The van der Waals surface area contributed by atoms with E-state index in [4.69, 9.17) is 9.47 Å². The Kier molecular flexibility index (Phi) is 8.85. The number of ether oxygens (including phenoxy) is 2. The van der Waals surface area contributed by atoms with Gasteiger partial charge in [-0.05, 0) is 72.8 Å². The first-order valence-electron chi connectivity index (χ1n) is 14.7. The molecule has 2 amide bonds. The van der Waals surface area contributed by atoms with Crippen molar-refractivity contribution in [2.75, 3.05) is 31.9 Å². The van der Waals surface area contributed by atoms with Crippen molar-refractivity contribution >= 4 is 29.7 Å². The number of carboxylic acids is 1. The summed E-state index contributed by atoms with van der Waals surface area (Å²) < 4.78 is 12.0. The number of thioether (sulfide) groups is 1. The highest BCUT2D eigenvalue weighted by atomic mass is 32.2. The number of rotatable bonds is 9. The number of nitrogens with one attached hydrogen (secondary N) is 1. The monoisotopic (exact) mass is 601 g/mol. The molecule has 9 nitrogen and oxygen atoms in total. The van der Waals surface area contributed by atoms with E-state index in [0.29, 0.717) is 29.5 Å². The Hall–Kier alpha value is -4.02. The summed E-state index contributed by atoms with van der Waals surface area (Å²) in [6.07, 6.45) is 1.64. The van der Waals surface area contributed by atoms with E-state index < -0.39 is 23.5 Å². The highest BCUT2D eigenvalue weighted by Gasteiger charge is 2.37. The molecule has 0 aromatic heterocycles. The topological polar surface area (TPSA) is 108 Å². The third-order valence-corrected chi connectivity index (χ3v) is 9.60. The van der Waals surface area contributed by atoms with E-state index in [9.17, 15) is 19.5 Å². The number of carbonyl (C=O) groups excluding carboxylic acids is 2. The fraction of sp³-hybridized carbons (Fsp3) is 0.364. The highest BCUT2D eigenvalue weighted by molar-refractivity contribution is 8.00. The van der Waals surface area contributed by atoms with E-state index in [0.717, 1.165) is 49.2 Å². The van der Waals surface area contributed by atoms with E-state index in [1.165, 1.54) is 16.7 Å². The molecule has 0 saturated carbocycles. The minimum atomic E-state index is -1.00. The summed E-state index contributed by atoms with van der Waals surface area (Å²) >= 11 is 1.26. The number of piperidine rings is 3. The summed E-state index contributed by atoms with van der Waals surface area (Å²) in [5, 5.41) is 11.6. The smallest absolute Gasteiger partial charge is 0.408 e. The molecule has 7 rings (SSSR count). The normalized spacial score (nSPS) is 23.4. The fourth-order valence-electron chi connectivity index (χ4n) is 6.08. The number of carbonyl (C=O) groups is 3. The lowest BCUT2D eigenvalue weighted by atomic mass is 9.86. The molecule has 2 N–H and O–H groups in total. The Morgan fingerprint density at radius 3 is 2.37 bits per heavy atom. The number of aliphatic carboxylic acids is 1. The minimum absolute atomic E-state index is 0.0805. The number of alkyl carbamates (subject to hydrolysis) is 1. The van der Waals surface area contributed by atoms with Gasteiger partial charge in [0.1, 0.15) is 18.5 Å². The summed E-state index contributed by atoms with van der Waals surface area (Å²) in [5.41, 5.74) is 3.12. The zero-order chi connectivity index (χ0) is 29.8. The van der Waals surface area contributed by atoms with E-state index in [1.54, 1.807) is 12.1 Å². The Morgan fingerprint density at radius 1 is 0.930 bits per heavy atom. The Bertz CT molecular complexity index is 1440. The average molecular weight is 602 g/mol. The molecule has 4 saturated heterocycles. The maximum absolute atomic E-state index is 13.1. The predicted molar refractivity (Wildman–Crippen MR) is 163 cm³/mol. The number of hydrogen-bond donors (Lipinski definition) is 2. The second-order valence-electron chi connectivity index (χ2n) is 11.2. The van der Waals surface area contributed by atoms with Gasteiger partial charge >= 0.3 is 12.1 Å². The Morgan fingerprint density at radius 2 is 1.67 bits per heavy atom. The largest absolute Gasteiger partial charge is 0.489 e. The zero-order valence-electron chi connectivity index (χ0n) is 23.8. The molecule has 0 spiro atoms. The summed E-state index contributed by atoms with van der Waals surface area (Å²) in [7, 11) is 0. The van der Waals surface area contributed by atoms with Gasteiger partial charge in [0, 0.05) is 24.4 Å². The maximum Gasteiger partial charge on any atom is 0.408 e. The molecular formula is C33H35N3O6S. The third-order valence-electron chi connectivity index (χ3n) is 8.41. The van der Waals surface area contributed by atoms with Crippen LogP contribution in [-0.4, -0.2) is 76.3 Å². The molecule has 4 aliphatic heterocycles. The SMILES string of the molecule is O=C(N[C@@H](c1ccccc1)c1cccc(OCc2ccc(C(=O)N3CCS[C@H]3C(=O)O)cc2)c1)O[C@H]1CN2CCC1CC2. The Balaban J connectivity index is 1.11. The van der Waals surface area contributed by atoms with Crippen molar-refractivity contribution in [3.63, 3.8) is 0 Å². The van der Waals surface area contributed by atoms with Gasteiger partial charge in [-0.15, -0.1) is 11.8 Å². The van der Waals surface area contributed by atoms with Crippen LogP contribution < -0.4 is 10.1 Å². The van der Waals surface area contributed by atoms with Crippen LogP contribution in [0.15, 0.2) is 78.9 Å². The molecule has 0 aliphatic carbocycles. The van der Waals surface area contributed by atoms with Gasteiger partial charge < -0.3 is 24.8 Å². The molecule has 0 radical (unpaired) electrons. The number of fused-ring (bicyclic) bond motifs is 3. The summed E-state index contributed by atoms with van der Waals surface area (Å²) in [6.45, 7) is 3.66. The first kappa shape index (κ1) is 29.1. The third kappa shape index (κ3) is 6.81. The molecule has 4 aliphatic rings. The summed E-state index contributed by atoms with van der Waals surface area (Å²) in [5.74, 6) is 0.387. The van der Waals surface area contributed by atoms with Crippen molar-refractivity contribution in [1.29, 1.82) is 0 Å². The van der Waals surface area contributed by atoms with Crippen LogP contribution in [-0.2, 0) is 16.1 Å². The molecule has 4 fully saturated rings. The van der Waals surface area contributed by atoms with E-state index in [1.807, 2.05) is 66.7 Å². The van der Waals surface area contributed by atoms with Crippen LogP contribution in [0.25, 0.3) is 0 Å². The molecule has 3 aromatic rings. The number of hydrogen-bond acceptors (Lipinski definition) is 7. The predicted octanol–water partition coefficient (Wildman–Crippen LogP) is 4.78. The minimum Gasteiger partial charge on any atom is -0.489 e. The summed E-state index contributed by atoms with van der Waals surface area (Å²) in [6, 6.07) is 24.1. The zero-order valence-corrected chi connectivity index (χ0v) is 24.6. The maximum atomic E-state index is 13.1. The fourth-order valence-corrected chi connectivity index (χ4v) is 7.13. The van der Waals surface area contributed by atoms with E-state index >= 15 is 0 Å². The van der Waals surface area contributed by atoms with Crippen molar-refractivity contribution in [2.45, 2.75) is 37.0 Å². The van der Waals surface area contributed by atoms with Crippen molar-refractivity contribution in [3.8, 4) is 5.75 Å². The highest BCUT2D eigenvalue weighted by Crippen LogP contribution is 2.31. The van der Waals surface area contributed by atoms with Gasteiger partial charge in [0.25, 0.3) is 5.91 Å². The molecule has 4 heterocycles. The Labute approximate surface area is 255 Å². The van der Waals surface area contributed by atoms with Crippen LogP contribution >= 0.6 is 11.8 Å². The van der Waals surface area contributed by atoms with Crippen LogP contribution in [0.5, 0.6) is 5.75 Å². The first-order chi connectivity index (χ1) is 20.9. The van der Waals surface area contributed by atoms with E-state index in [2.05, 4.69) is 10.2 Å². The molecule has 0 unspecified atom stereocenters. The average Bonchev–Trinajstić information content (AvgIpc) is 3.54. The molecule has 10 heteroatoms. The van der Waals surface area contributed by atoms with Gasteiger partial charge in [-0.2, -0.15) is 0 Å². The number of nitrogens with zero attached hydrogens (tertiary/aromatic N) is 2. The number of benzene rings is 3. The van der Waals surface area contributed by atoms with Crippen molar-refractivity contribution < 1.29 is 29.0 Å². The molecule has 3 atom stereocenters. The molecular weight excluding hydrogens is 566 g/mol. The second-order valence-corrected chi connectivity index (χ2v) is 12.4. The van der Waals surface area contributed by atoms with Gasteiger partial charge in [0.15, 0.2) is 5.37 Å². The lowest BCUT2D eigenvalue weighted by molar-refractivity contribution is -0.138. The van der Waals surface area contributed by atoms with Crippen molar-refractivity contribution in [3.05, 3.63) is 101 Å². The molecule has 43 heavy (non-hydrogen) atoms. The molecule has 224 valence electrons. The number of amides is 2. The second kappa shape index (κ2) is 13.1. The van der Waals surface area contributed by atoms with Crippen LogP contribution in [0.1, 0.15) is 45.9 Å². The lowest BCUT2D eigenvalue weighted by Gasteiger charge is -2.43. The van der Waals surface area contributed by atoms with Crippen LogP contribution in [0.4, 0.5) is 4.79 Å². The van der Waals surface area contributed by atoms with Crippen LogP contribution in [0.2, 0.25) is 0 Å². The van der Waals surface area contributed by atoms with Crippen molar-refractivity contribution in [1.82, 2.24) is 15.1 Å². The van der Waals surface area contributed by atoms with Gasteiger partial charge in [-0.3, -0.25) is 9.69 Å². The first-order valence-corrected chi connectivity index (χ1v) is 15.7. The van der Waals surface area contributed by atoms with Crippen molar-refractivity contribution in [2.24, 2.45) is 5.92 Å². The lowest BCUT2D eigenvalue weighted by Crippen LogP contribution is -2.52. The van der Waals surface area contributed by atoms with Gasteiger partial charge in [-0.1, -0.05) is 54.6 Å². The molecule has 3 aromatic carbocycles. The number of carboxylic acid groups (broad SMARTS) is 1. The van der Waals surface area contributed by atoms with E-state index in [-0.39, 0.29) is 18.6 Å². The quantitative estimate of drug-likeness (QED) is 0.361. The summed E-state index contributed by atoms with van der Waals surface area (Å²) in [4.78, 5) is 41.2. The standard InChI is InChI=1S/C33H35N3O6S/c37-30(36-17-18-43-31(36)32(38)39)25-11-9-22(10-12-25)21-41-27-8-4-7-26(19-27)29(24-5-2-1-3-6-24)34-33(40)42-28-20-35-15-13-23(28)14-16-35/h1-12,19,23,28-29,31H,13-18,20-21H2,(H,34,40)(H,38,39)/t28-,29-,31-/m0/s1.